The Morgan fingerprint density at radius 2 is 1.59 bits per heavy atom. The van der Waals surface area contributed by atoms with Gasteiger partial charge in [0.15, 0.2) is 0 Å². The number of aliphatic hydroxyl groups is 1. The third-order valence-electron chi connectivity index (χ3n) is 4.82. The van der Waals surface area contributed by atoms with E-state index in [1.165, 1.54) is 0 Å². The Balaban J connectivity index is 1.60. The fraction of sp³-hybridized carbons (Fsp3) is 0.938. The summed E-state index contributed by atoms with van der Waals surface area (Å²) in [6.45, 7) is 4.32. The topological polar surface area (TPSA) is 67.8 Å². The first kappa shape index (κ1) is 17.5. The summed E-state index contributed by atoms with van der Waals surface area (Å²) in [4.78, 5) is 16.7. The number of aliphatic hydroxyl groups excluding tert-OH is 1. The van der Waals surface area contributed by atoms with Gasteiger partial charge in [-0.3, -0.25) is 0 Å². The quantitative estimate of drug-likeness (QED) is 0.696. The number of likely N-dealkylation sites (N-methyl/N-ethyl adjacent to an activating group) is 1. The number of nitrogens with zero attached hydrogens (tertiary/aromatic N) is 2. The average Bonchev–Trinajstić information content (AvgIpc) is 2.49. The van der Waals surface area contributed by atoms with Gasteiger partial charge >= 0.3 is 6.03 Å². The number of rotatable bonds is 5. The van der Waals surface area contributed by atoms with Crippen molar-refractivity contribution in [3.05, 3.63) is 0 Å². The van der Waals surface area contributed by atoms with E-state index in [-0.39, 0.29) is 18.2 Å². The molecular weight excluding hydrogens is 280 g/mol. The van der Waals surface area contributed by atoms with Gasteiger partial charge in [-0.15, -0.1) is 0 Å². The Kier molecular flexibility index (Phi) is 6.92. The Labute approximate surface area is 134 Å². The van der Waals surface area contributed by atoms with Crippen LogP contribution in [0.5, 0.6) is 0 Å². The second kappa shape index (κ2) is 8.70. The summed E-state index contributed by atoms with van der Waals surface area (Å²) >= 11 is 0. The molecule has 128 valence electrons. The van der Waals surface area contributed by atoms with Crippen LogP contribution in [0, 0.1) is 0 Å². The van der Waals surface area contributed by atoms with Crippen LogP contribution in [0.15, 0.2) is 0 Å². The lowest BCUT2D eigenvalue weighted by Gasteiger charge is -2.33. The minimum atomic E-state index is -0.174. The van der Waals surface area contributed by atoms with E-state index < -0.39 is 0 Å². The lowest BCUT2D eigenvalue weighted by molar-refractivity contribution is 0.117. The van der Waals surface area contributed by atoms with Crippen molar-refractivity contribution in [2.75, 3.05) is 40.3 Å². The summed E-state index contributed by atoms with van der Waals surface area (Å²) in [5.41, 5.74) is 0. The van der Waals surface area contributed by atoms with Crippen LogP contribution in [-0.4, -0.2) is 79.4 Å². The lowest BCUT2D eigenvalue weighted by Crippen LogP contribution is -2.51. The monoisotopic (exact) mass is 312 g/mol. The molecule has 2 amide bonds. The van der Waals surface area contributed by atoms with Crippen LogP contribution < -0.4 is 10.6 Å². The smallest absolute Gasteiger partial charge is 0.315 e. The van der Waals surface area contributed by atoms with E-state index in [1.807, 2.05) is 0 Å². The van der Waals surface area contributed by atoms with Gasteiger partial charge in [0.2, 0.25) is 0 Å². The zero-order chi connectivity index (χ0) is 15.9. The van der Waals surface area contributed by atoms with Crippen molar-refractivity contribution in [2.24, 2.45) is 0 Å². The molecule has 2 rings (SSSR count). The van der Waals surface area contributed by atoms with E-state index >= 15 is 0 Å². The largest absolute Gasteiger partial charge is 0.393 e. The molecule has 0 aromatic heterocycles. The summed E-state index contributed by atoms with van der Waals surface area (Å²) in [5.74, 6) is 0. The zero-order valence-corrected chi connectivity index (χ0v) is 14.1. The molecule has 2 fully saturated rings. The predicted octanol–water partition coefficient (Wildman–Crippen LogP) is 0.615. The molecule has 0 bridgehead atoms. The Morgan fingerprint density at radius 3 is 2.14 bits per heavy atom. The summed E-state index contributed by atoms with van der Waals surface area (Å²) in [7, 11) is 4.20. The fourth-order valence-corrected chi connectivity index (χ4v) is 3.27. The average molecular weight is 312 g/mol. The van der Waals surface area contributed by atoms with Crippen LogP contribution in [0.4, 0.5) is 4.79 Å². The minimum Gasteiger partial charge on any atom is -0.393 e. The molecule has 1 saturated carbocycles. The molecule has 0 spiro atoms. The maximum atomic E-state index is 12.1. The fourth-order valence-electron chi connectivity index (χ4n) is 3.27. The van der Waals surface area contributed by atoms with Gasteiger partial charge < -0.3 is 25.5 Å². The van der Waals surface area contributed by atoms with Gasteiger partial charge in [0.05, 0.1) is 6.10 Å². The molecular formula is C16H32N4O2. The van der Waals surface area contributed by atoms with Crippen molar-refractivity contribution in [3.63, 3.8) is 0 Å². The molecule has 0 unspecified atom stereocenters. The molecule has 22 heavy (non-hydrogen) atoms. The Hall–Kier alpha value is -0.850. The van der Waals surface area contributed by atoms with Gasteiger partial charge in [0, 0.05) is 38.3 Å². The van der Waals surface area contributed by atoms with Crippen LogP contribution in [0.1, 0.15) is 38.5 Å². The first-order chi connectivity index (χ1) is 10.5. The SMILES string of the molecule is CN(C)CCN1CCC(NC(=O)NC2CCC(O)CC2)CC1. The van der Waals surface area contributed by atoms with Gasteiger partial charge in [-0.25, -0.2) is 4.79 Å². The van der Waals surface area contributed by atoms with E-state index in [9.17, 15) is 9.90 Å². The molecule has 1 aliphatic heterocycles. The highest BCUT2D eigenvalue weighted by molar-refractivity contribution is 5.74. The molecule has 1 saturated heterocycles. The number of hydrogen-bond donors (Lipinski definition) is 3. The second-order valence-electron chi connectivity index (χ2n) is 7.04. The number of carbonyl (C=O) groups is 1. The molecule has 1 aliphatic carbocycles. The van der Waals surface area contributed by atoms with Crippen LogP contribution in [0.2, 0.25) is 0 Å². The molecule has 6 nitrogen and oxygen atoms in total. The predicted molar refractivity (Wildman–Crippen MR) is 87.9 cm³/mol. The van der Waals surface area contributed by atoms with E-state index in [4.69, 9.17) is 0 Å². The molecule has 0 atom stereocenters. The van der Waals surface area contributed by atoms with Crippen LogP contribution >= 0.6 is 0 Å². The molecule has 3 N–H and O–H groups in total. The minimum absolute atomic E-state index is 0.0341. The third-order valence-corrected chi connectivity index (χ3v) is 4.82. The summed E-state index contributed by atoms with van der Waals surface area (Å²) in [5, 5.41) is 15.7. The number of amides is 2. The number of nitrogens with one attached hydrogen (secondary N) is 2. The van der Waals surface area contributed by atoms with Crippen LogP contribution in [0.25, 0.3) is 0 Å². The normalized spacial score (nSPS) is 27.8. The second-order valence-corrected chi connectivity index (χ2v) is 7.04. The number of hydrogen-bond acceptors (Lipinski definition) is 4. The molecule has 0 aromatic rings. The number of likely N-dealkylation sites (tertiary alicyclic amines) is 1. The van der Waals surface area contributed by atoms with Crippen molar-refractivity contribution >= 4 is 6.03 Å². The van der Waals surface area contributed by atoms with Gasteiger partial charge in [0.25, 0.3) is 0 Å². The van der Waals surface area contributed by atoms with Crippen LogP contribution in [-0.2, 0) is 0 Å². The summed E-state index contributed by atoms with van der Waals surface area (Å²) in [6, 6.07) is 0.487. The van der Waals surface area contributed by atoms with Crippen molar-refractivity contribution < 1.29 is 9.90 Å². The molecule has 1 heterocycles. The number of carbonyl (C=O) groups excluding carboxylic acids is 1. The van der Waals surface area contributed by atoms with Crippen molar-refractivity contribution in [1.29, 1.82) is 0 Å². The van der Waals surface area contributed by atoms with Crippen LogP contribution in [0.3, 0.4) is 0 Å². The van der Waals surface area contributed by atoms with Crippen molar-refractivity contribution in [2.45, 2.75) is 56.7 Å². The zero-order valence-electron chi connectivity index (χ0n) is 14.1. The molecule has 0 radical (unpaired) electrons. The van der Waals surface area contributed by atoms with E-state index in [1.54, 1.807) is 0 Å². The summed E-state index contributed by atoms with van der Waals surface area (Å²) in [6.07, 6.45) is 5.26. The highest BCUT2D eigenvalue weighted by Crippen LogP contribution is 2.18. The van der Waals surface area contributed by atoms with Gasteiger partial charge in [-0.1, -0.05) is 0 Å². The van der Waals surface area contributed by atoms with Gasteiger partial charge in [0.1, 0.15) is 0 Å². The molecule has 0 aromatic carbocycles. The highest BCUT2D eigenvalue weighted by Gasteiger charge is 2.23. The van der Waals surface area contributed by atoms with E-state index in [2.05, 4.69) is 34.5 Å². The van der Waals surface area contributed by atoms with Crippen molar-refractivity contribution in [3.8, 4) is 0 Å². The lowest BCUT2D eigenvalue weighted by atomic mass is 9.93. The third kappa shape index (κ3) is 6.10. The maximum Gasteiger partial charge on any atom is 0.315 e. The standard InChI is InChI=1S/C16H32N4O2/c1-19(2)11-12-20-9-7-14(8-10-20)18-16(22)17-13-3-5-15(21)6-4-13/h13-15,21H,3-12H2,1-2H3,(H2,17,18,22). The van der Waals surface area contributed by atoms with Gasteiger partial charge in [-0.2, -0.15) is 0 Å². The first-order valence-corrected chi connectivity index (χ1v) is 8.65. The van der Waals surface area contributed by atoms with Crippen molar-refractivity contribution in [1.82, 2.24) is 20.4 Å². The maximum absolute atomic E-state index is 12.1. The van der Waals surface area contributed by atoms with E-state index in [0.717, 1.165) is 64.7 Å². The summed E-state index contributed by atoms with van der Waals surface area (Å²) < 4.78 is 0. The Morgan fingerprint density at radius 1 is 1.05 bits per heavy atom. The highest BCUT2D eigenvalue weighted by atomic mass is 16.3. The number of urea groups is 1. The first-order valence-electron chi connectivity index (χ1n) is 8.65. The molecule has 6 heteroatoms. The number of piperidine rings is 1. The van der Waals surface area contributed by atoms with E-state index in [0.29, 0.717) is 6.04 Å². The Bertz CT molecular complexity index is 335. The molecule has 2 aliphatic rings. The van der Waals surface area contributed by atoms with Gasteiger partial charge in [-0.05, 0) is 52.6 Å².